The van der Waals surface area contributed by atoms with Crippen molar-refractivity contribution in [1.29, 1.82) is 0 Å². The van der Waals surface area contributed by atoms with E-state index in [1.165, 1.54) is 4.90 Å². The Morgan fingerprint density at radius 1 is 1.02 bits per heavy atom. The summed E-state index contributed by atoms with van der Waals surface area (Å²) in [5, 5.41) is 14.0. The Balaban J connectivity index is 1.86. The van der Waals surface area contributed by atoms with Gasteiger partial charge in [-0.15, -0.1) is 0 Å². The molecule has 2 aliphatic carbocycles. The smallest absolute Gasteiger partial charge is 0.408 e. The molecule has 226 valence electrons. The van der Waals surface area contributed by atoms with E-state index in [9.17, 15) is 37.1 Å². The minimum absolute atomic E-state index is 0.0791. The van der Waals surface area contributed by atoms with Crippen molar-refractivity contribution < 1.29 is 47.0 Å². The molecule has 2 saturated carbocycles. The van der Waals surface area contributed by atoms with Gasteiger partial charge in [-0.3, -0.25) is 14.4 Å². The van der Waals surface area contributed by atoms with Crippen molar-refractivity contribution in [2.45, 2.75) is 109 Å². The van der Waals surface area contributed by atoms with Gasteiger partial charge in [0, 0.05) is 13.0 Å². The molecule has 0 spiro atoms. The fourth-order valence-corrected chi connectivity index (χ4v) is 6.26. The topological polar surface area (TPSA) is 142 Å². The molecular formula is C27H40F3N3O7. The molecule has 1 aliphatic heterocycles. The highest BCUT2D eigenvalue weighted by Gasteiger charge is 2.69. The van der Waals surface area contributed by atoms with E-state index < -0.39 is 72.4 Å². The third kappa shape index (κ3) is 7.45. The van der Waals surface area contributed by atoms with Gasteiger partial charge in [0.1, 0.15) is 17.7 Å². The van der Waals surface area contributed by atoms with E-state index in [0.29, 0.717) is 12.8 Å². The van der Waals surface area contributed by atoms with Crippen LogP contribution in [0, 0.1) is 23.2 Å². The lowest BCUT2D eigenvalue weighted by Crippen LogP contribution is -2.59. The van der Waals surface area contributed by atoms with Crippen molar-refractivity contribution in [2.24, 2.45) is 23.2 Å². The van der Waals surface area contributed by atoms with Gasteiger partial charge in [0.15, 0.2) is 0 Å². The van der Waals surface area contributed by atoms with E-state index in [4.69, 9.17) is 9.84 Å². The van der Waals surface area contributed by atoms with Gasteiger partial charge in [0.05, 0.1) is 6.04 Å². The van der Waals surface area contributed by atoms with Gasteiger partial charge in [-0.1, -0.05) is 33.1 Å². The summed E-state index contributed by atoms with van der Waals surface area (Å²) < 4.78 is 44.0. The number of alkyl halides is 3. The van der Waals surface area contributed by atoms with Gasteiger partial charge in [-0.25, -0.2) is 9.59 Å². The van der Waals surface area contributed by atoms with E-state index in [2.05, 4.69) is 10.6 Å². The normalized spacial score (nSPS) is 25.8. The minimum Gasteiger partial charge on any atom is -0.475 e. The van der Waals surface area contributed by atoms with Gasteiger partial charge in [-0.05, 0) is 63.2 Å². The minimum atomic E-state index is -4.67. The number of nitrogens with one attached hydrogen (secondary N) is 2. The highest BCUT2D eigenvalue weighted by molar-refractivity contribution is 6.35. The zero-order valence-corrected chi connectivity index (χ0v) is 23.6. The van der Waals surface area contributed by atoms with Crippen LogP contribution in [0.2, 0.25) is 0 Å². The fourth-order valence-electron chi connectivity index (χ4n) is 6.26. The number of carboxylic acids is 1. The summed E-state index contributed by atoms with van der Waals surface area (Å²) in [5.41, 5.74) is -1.16. The number of rotatable bonds is 9. The molecule has 0 unspecified atom stereocenters. The van der Waals surface area contributed by atoms with Crippen molar-refractivity contribution in [3.05, 3.63) is 0 Å². The van der Waals surface area contributed by atoms with E-state index in [1.54, 1.807) is 20.8 Å². The van der Waals surface area contributed by atoms with Gasteiger partial charge in [0.25, 0.3) is 5.78 Å². The molecule has 0 bridgehead atoms. The summed E-state index contributed by atoms with van der Waals surface area (Å²) in [5.74, 6) is -5.53. The maximum Gasteiger partial charge on any atom is 0.408 e. The Kier molecular flexibility index (Phi) is 9.15. The van der Waals surface area contributed by atoms with Crippen LogP contribution in [0.3, 0.4) is 0 Å². The van der Waals surface area contributed by atoms with Crippen molar-refractivity contribution in [1.82, 2.24) is 15.5 Å². The van der Waals surface area contributed by atoms with Crippen molar-refractivity contribution in [3.63, 3.8) is 0 Å². The first-order valence-electron chi connectivity index (χ1n) is 13.8. The lowest BCUT2D eigenvalue weighted by Gasteiger charge is -2.37. The Morgan fingerprint density at radius 3 is 2.15 bits per heavy atom. The molecule has 0 aromatic rings. The predicted molar refractivity (Wildman–Crippen MR) is 136 cm³/mol. The monoisotopic (exact) mass is 575 g/mol. The van der Waals surface area contributed by atoms with Crippen LogP contribution in [0.1, 0.15) is 79.6 Å². The van der Waals surface area contributed by atoms with Crippen LogP contribution >= 0.6 is 0 Å². The number of hydrogen-bond acceptors (Lipinski definition) is 6. The van der Waals surface area contributed by atoms with Crippen LogP contribution in [-0.2, 0) is 23.9 Å². The number of ketones is 1. The highest BCUT2D eigenvalue weighted by atomic mass is 19.4. The summed E-state index contributed by atoms with van der Waals surface area (Å²) in [7, 11) is 0. The molecule has 3 amide bonds. The van der Waals surface area contributed by atoms with E-state index >= 15 is 0 Å². The SMILES string of the molecule is CC(C)(C)OC(=O)N[C@H](C(=O)N1C[C@H]2[C@@H]([C@H]1C(=O)N[C@@H](CCC(F)(F)F)C(=O)C(=O)O)C2(C)C)C1CCCCC1. The molecule has 3 aliphatic rings. The number of aliphatic carboxylic acids is 1. The Hall–Kier alpha value is -2.86. The number of carbonyl (C=O) groups is 5. The summed E-state index contributed by atoms with van der Waals surface area (Å²) in [6, 6.07) is -4.01. The molecule has 3 rings (SSSR count). The molecule has 1 saturated heterocycles. The number of amides is 3. The number of piperidine rings is 1. The second-order valence-electron chi connectivity index (χ2n) is 12.8. The van der Waals surface area contributed by atoms with Gasteiger partial charge < -0.3 is 25.4 Å². The Labute approximate surface area is 231 Å². The summed E-state index contributed by atoms with van der Waals surface area (Å²) >= 11 is 0. The Morgan fingerprint density at radius 2 is 1.62 bits per heavy atom. The number of Topliss-reactive ketones (excluding diaryl/α,β-unsaturated/α-hetero) is 1. The third-order valence-electron chi connectivity index (χ3n) is 8.38. The number of ether oxygens (including phenoxy) is 1. The molecular weight excluding hydrogens is 535 g/mol. The molecule has 3 N–H and O–H groups in total. The molecule has 0 aromatic carbocycles. The average molecular weight is 576 g/mol. The van der Waals surface area contributed by atoms with Crippen LogP contribution in [0.15, 0.2) is 0 Å². The zero-order chi connectivity index (χ0) is 30.2. The zero-order valence-electron chi connectivity index (χ0n) is 23.6. The van der Waals surface area contributed by atoms with Gasteiger partial charge >= 0.3 is 18.2 Å². The predicted octanol–water partition coefficient (Wildman–Crippen LogP) is 3.42. The number of fused-ring (bicyclic) bond motifs is 1. The maximum atomic E-state index is 14.0. The Bertz CT molecular complexity index is 1020. The fraction of sp³-hybridized carbons (Fsp3) is 0.815. The molecule has 13 heteroatoms. The average Bonchev–Trinajstić information content (AvgIpc) is 3.15. The first-order chi connectivity index (χ1) is 18.3. The van der Waals surface area contributed by atoms with E-state index in [1.807, 2.05) is 13.8 Å². The lowest BCUT2D eigenvalue weighted by molar-refractivity contribution is -0.153. The molecule has 10 nitrogen and oxygen atoms in total. The number of carboxylic acid groups (broad SMARTS) is 1. The van der Waals surface area contributed by atoms with Crippen molar-refractivity contribution >= 4 is 29.7 Å². The number of alkyl carbamates (subject to hydrolysis) is 1. The second-order valence-corrected chi connectivity index (χ2v) is 12.8. The summed E-state index contributed by atoms with van der Waals surface area (Å²) in [6.07, 6.45) is -3.76. The maximum absolute atomic E-state index is 14.0. The molecule has 3 fully saturated rings. The largest absolute Gasteiger partial charge is 0.475 e. The second kappa shape index (κ2) is 11.6. The summed E-state index contributed by atoms with van der Waals surface area (Å²) in [4.78, 5) is 65.0. The molecule has 0 aromatic heterocycles. The highest BCUT2D eigenvalue weighted by Crippen LogP contribution is 2.65. The standard InChI is InChI=1S/C27H40F3N3O7/c1-25(2,3)40-24(39)32-18(14-9-7-6-8-10-14)22(36)33-13-15-17(26(15,4)5)19(33)21(35)31-16(20(34)23(37)38)11-12-27(28,29)30/h14-19H,6-13H2,1-5H3,(H,31,35)(H,32,39)(H,37,38)/t15-,16-,17-,18-,19-/m0/s1. The quantitative estimate of drug-likeness (QED) is 0.358. The van der Waals surface area contributed by atoms with Crippen molar-refractivity contribution in [2.75, 3.05) is 6.54 Å². The molecule has 1 heterocycles. The summed E-state index contributed by atoms with van der Waals surface area (Å²) in [6.45, 7) is 9.07. The number of likely N-dealkylation sites (tertiary alicyclic amines) is 1. The van der Waals surface area contributed by atoms with Crippen molar-refractivity contribution in [3.8, 4) is 0 Å². The molecule has 5 atom stereocenters. The van der Waals surface area contributed by atoms with Crippen LogP contribution < -0.4 is 10.6 Å². The molecule has 40 heavy (non-hydrogen) atoms. The number of nitrogens with zero attached hydrogens (tertiary/aromatic N) is 1. The van der Waals surface area contributed by atoms with E-state index in [0.717, 1.165) is 19.3 Å². The first-order valence-corrected chi connectivity index (χ1v) is 13.8. The number of carbonyl (C=O) groups excluding carboxylic acids is 4. The number of halogens is 3. The molecule has 0 radical (unpaired) electrons. The van der Waals surface area contributed by atoms with Crippen LogP contribution in [0.4, 0.5) is 18.0 Å². The number of hydrogen-bond donors (Lipinski definition) is 3. The third-order valence-corrected chi connectivity index (χ3v) is 8.38. The lowest BCUT2D eigenvalue weighted by atomic mass is 9.83. The van der Waals surface area contributed by atoms with Gasteiger partial charge in [0.2, 0.25) is 11.8 Å². The van der Waals surface area contributed by atoms with Gasteiger partial charge in [-0.2, -0.15) is 13.2 Å². The van der Waals surface area contributed by atoms with Crippen LogP contribution in [0.5, 0.6) is 0 Å². The van der Waals surface area contributed by atoms with E-state index in [-0.39, 0.29) is 29.7 Å². The van der Waals surface area contributed by atoms with Crippen LogP contribution in [-0.4, -0.2) is 76.1 Å². The van der Waals surface area contributed by atoms with Crippen LogP contribution in [0.25, 0.3) is 0 Å². The first kappa shape index (κ1) is 31.7.